The number of guanidine groups is 1. The van der Waals surface area contributed by atoms with Crippen molar-refractivity contribution in [3.63, 3.8) is 0 Å². The summed E-state index contributed by atoms with van der Waals surface area (Å²) in [4.78, 5) is 7.30. The summed E-state index contributed by atoms with van der Waals surface area (Å²) in [5, 5.41) is 6.86. The van der Waals surface area contributed by atoms with Crippen molar-refractivity contribution in [2.45, 2.75) is 45.6 Å². The molecule has 3 rings (SSSR count). The van der Waals surface area contributed by atoms with Crippen molar-refractivity contribution in [2.24, 2.45) is 10.9 Å². The molecule has 2 aliphatic rings. The van der Waals surface area contributed by atoms with Crippen LogP contribution in [0, 0.1) is 5.92 Å². The first-order valence-electron chi connectivity index (χ1n) is 10.3. The number of nitrogens with zero attached hydrogens (tertiary/aromatic N) is 2. The number of hydrogen-bond acceptors (Lipinski definition) is 3. The summed E-state index contributed by atoms with van der Waals surface area (Å²) in [7, 11) is 0. The van der Waals surface area contributed by atoms with Crippen molar-refractivity contribution < 1.29 is 4.74 Å². The van der Waals surface area contributed by atoms with Crippen LogP contribution in [-0.4, -0.2) is 56.2 Å². The predicted octanol–water partition coefficient (Wildman–Crippen LogP) is 3.29. The maximum absolute atomic E-state index is 5.99. The molecule has 1 aromatic rings. The van der Waals surface area contributed by atoms with E-state index in [0.29, 0.717) is 6.54 Å². The fraction of sp³-hybridized carbons (Fsp3) is 0.667. The Hall–Kier alpha value is -1.02. The van der Waals surface area contributed by atoms with Crippen LogP contribution in [0.4, 0.5) is 0 Å². The fourth-order valence-electron chi connectivity index (χ4n) is 3.88. The van der Waals surface area contributed by atoms with E-state index in [2.05, 4.69) is 41.5 Å². The molecule has 6 heteroatoms. The minimum Gasteiger partial charge on any atom is -0.488 e. The summed E-state index contributed by atoms with van der Waals surface area (Å²) in [6, 6.07) is 8.30. The van der Waals surface area contributed by atoms with E-state index in [1.165, 1.54) is 44.5 Å². The van der Waals surface area contributed by atoms with E-state index in [-0.39, 0.29) is 30.1 Å². The van der Waals surface area contributed by atoms with Crippen LogP contribution < -0.4 is 15.4 Å². The van der Waals surface area contributed by atoms with Crippen molar-refractivity contribution in [3.05, 3.63) is 29.8 Å². The fourth-order valence-corrected chi connectivity index (χ4v) is 3.88. The van der Waals surface area contributed by atoms with Crippen LogP contribution in [-0.2, 0) is 6.42 Å². The van der Waals surface area contributed by atoms with Gasteiger partial charge in [0.05, 0.1) is 6.54 Å². The second-order valence-electron chi connectivity index (χ2n) is 7.36. The zero-order chi connectivity index (χ0) is 18.2. The third kappa shape index (κ3) is 6.82. The summed E-state index contributed by atoms with van der Waals surface area (Å²) in [5.41, 5.74) is 1.30. The predicted molar refractivity (Wildman–Crippen MR) is 123 cm³/mol. The highest BCUT2D eigenvalue weighted by atomic mass is 127. The van der Waals surface area contributed by atoms with Crippen LogP contribution in [0.25, 0.3) is 0 Å². The Bertz CT molecular complexity index is 562. The van der Waals surface area contributed by atoms with E-state index in [9.17, 15) is 0 Å². The van der Waals surface area contributed by atoms with Crippen LogP contribution in [0.5, 0.6) is 5.75 Å². The quantitative estimate of drug-likeness (QED) is 0.353. The molecule has 1 fully saturated rings. The molecule has 1 aromatic carbocycles. The molecule has 2 N–H and O–H groups in total. The number of halogens is 1. The Morgan fingerprint density at radius 1 is 1.19 bits per heavy atom. The van der Waals surface area contributed by atoms with Gasteiger partial charge in [0.25, 0.3) is 0 Å². The summed E-state index contributed by atoms with van der Waals surface area (Å²) in [6.45, 7) is 10.6. The van der Waals surface area contributed by atoms with E-state index >= 15 is 0 Å². The molecule has 2 aliphatic heterocycles. The highest BCUT2D eigenvalue weighted by Crippen LogP contribution is 2.28. The van der Waals surface area contributed by atoms with E-state index < -0.39 is 0 Å². The monoisotopic (exact) mass is 486 g/mol. The molecule has 27 heavy (non-hydrogen) atoms. The molecule has 0 aliphatic carbocycles. The number of hydrogen-bond donors (Lipinski definition) is 2. The standard InChI is InChI=1S/C21H34N4O.HI/c1-3-22-21(23-12-9-17-10-13-25(4-2)14-11-17)24-16-19-15-18-7-5-6-8-20(18)26-19;/h5-8,17,19H,3-4,9-16H2,1-2H3,(H2,22,23,24);1H. The van der Waals surface area contributed by atoms with Crippen molar-refractivity contribution in [1.82, 2.24) is 15.5 Å². The molecule has 1 saturated heterocycles. The number of ether oxygens (including phenoxy) is 1. The van der Waals surface area contributed by atoms with Crippen LogP contribution in [0.1, 0.15) is 38.7 Å². The zero-order valence-corrected chi connectivity index (χ0v) is 19.1. The number of aliphatic imine (C=N–C) groups is 1. The third-order valence-electron chi connectivity index (χ3n) is 5.51. The Kier molecular flexibility index (Phi) is 9.68. The smallest absolute Gasteiger partial charge is 0.191 e. The second-order valence-corrected chi connectivity index (χ2v) is 7.36. The van der Waals surface area contributed by atoms with Gasteiger partial charge in [-0.1, -0.05) is 25.1 Å². The van der Waals surface area contributed by atoms with Crippen LogP contribution in [0.3, 0.4) is 0 Å². The van der Waals surface area contributed by atoms with Gasteiger partial charge in [-0.3, -0.25) is 0 Å². The molecule has 5 nitrogen and oxygen atoms in total. The number of rotatable bonds is 7. The molecular weight excluding hydrogens is 451 g/mol. The molecule has 0 bridgehead atoms. The molecule has 0 saturated carbocycles. The molecule has 0 amide bonds. The van der Waals surface area contributed by atoms with Crippen molar-refractivity contribution >= 4 is 29.9 Å². The second kappa shape index (κ2) is 11.7. The summed E-state index contributed by atoms with van der Waals surface area (Å²) < 4.78 is 5.99. The minimum absolute atomic E-state index is 0. The Labute approximate surface area is 181 Å². The maximum atomic E-state index is 5.99. The van der Waals surface area contributed by atoms with Gasteiger partial charge in [0, 0.05) is 19.5 Å². The van der Waals surface area contributed by atoms with Gasteiger partial charge in [0.1, 0.15) is 11.9 Å². The topological polar surface area (TPSA) is 48.9 Å². The number of para-hydroxylation sites is 1. The van der Waals surface area contributed by atoms with E-state index in [0.717, 1.165) is 37.1 Å². The lowest BCUT2D eigenvalue weighted by Crippen LogP contribution is -2.40. The molecule has 0 aromatic heterocycles. The number of nitrogens with one attached hydrogen (secondary N) is 2. The summed E-state index contributed by atoms with van der Waals surface area (Å²) in [5.74, 6) is 2.78. The van der Waals surface area contributed by atoms with Gasteiger partial charge >= 0.3 is 0 Å². The van der Waals surface area contributed by atoms with Crippen LogP contribution in [0.15, 0.2) is 29.3 Å². The first-order chi connectivity index (χ1) is 12.8. The van der Waals surface area contributed by atoms with Gasteiger partial charge in [-0.15, -0.1) is 24.0 Å². The molecule has 2 heterocycles. The van der Waals surface area contributed by atoms with Gasteiger partial charge in [0.2, 0.25) is 0 Å². The Balaban J connectivity index is 0.00000261. The number of fused-ring (bicyclic) bond motifs is 1. The normalized spacial score (nSPS) is 20.5. The zero-order valence-electron chi connectivity index (χ0n) is 16.7. The average molecular weight is 486 g/mol. The SMILES string of the molecule is CCNC(=NCC1Cc2ccccc2O1)NCCC1CCN(CC)CC1.I. The van der Waals surface area contributed by atoms with E-state index in [1.807, 2.05) is 12.1 Å². The minimum atomic E-state index is 0. The molecule has 152 valence electrons. The highest BCUT2D eigenvalue weighted by molar-refractivity contribution is 14.0. The molecule has 0 spiro atoms. The molecule has 1 unspecified atom stereocenters. The van der Waals surface area contributed by atoms with Crippen LogP contribution in [0.2, 0.25) is 0 Å². The molecule has 1 atom stereocenters. The van der Waals surface area contributed by atoms with Crippen LogP contribution >= 0.6 is 24.0 Å². The average Bonchev–Trinajstić information content (AvgIpc) is 3.09. The van der Waals surface area contributed by atoms with Gasteiger partial charge in [-0.05, 0) is 63.4 Å². The lowest BCUT2D eigenvalue weighted by atomic mass is 9.93. The third-order valence-corrected chi connectivity index (χ3v) is 5.51. The lowest BCUT2D eigenvalue weighted by Gasteiger charge is -2.31. The number of piperidine rings is 1. The highest BCUT2D eigenvalue weighted by Gasteiger charge is 2.22. The van der Waals surface area contributed by atoms with Crippen molar-refractivity contribution in [1.29, 1.82) is 0 Å². The van der Waals surface area contributed by atoms with Crippen molar-refractivity contribution in [2.75, 3.05) is 39.3 Å². The lowest BCUT2D eigenvalue weighted by molar-refractivity contribution is 0.187. The van der Waals surface area contributed by atoms with Gasteiger partial charge in [-0.2, -0.15) is 0 Å². The van der Waals surface area contributed by atoms with E-state index in [1.54, 1.807) is 0 Å². The van der Waals surface area contributed by atoms with Gasteiger partial charge in [-0.25, -0.2) is 4.99 Å². The molecular formula is C21H35IN4O. The first kappa shape index (κ1) is 22.3. The summed E-state index contributed by atoms with van der Waals surface area (Å²) >= 11 is 0. The van der Waals surface area contributed by atoms with Gasteiger partial charge in [0.15, 0.2) is 5.96 Å². The summed E-state index contributed by atoms with van der Waals surface area (Å²) in [6.07, 6.45) is 5.00. The van der Waals surface area contributed by atoms with Crippen molar-refractivity contribution in [3.8, 4) is 5.75 Å². The largest absolute Gasteiger partial charge is 0.488 e. The first-order valence-corrected chi connectivity index (χ1v) is 10.3. The number of likely N-dealkylation sites (tertiary alicyclic amines) is 1. The Morgan fingerprint density at radius 2 is 1.96 bits per heavy atom. The maximum Gasteiger partial charge on any atom is 0.191 e. The molecule has 0 radical (unpaired) electrons. The van der Waals surface area contributed by atoms with Gasteiger partial charge < -0.3 is 20.3 Å². The van der Waals surface area contributed by atoms with E-state index in [4.69, 9.17) is 9.73 Å². The Morgan fingerprint density at radius 3 is 2.67 bits per heavy atom. The number of benzene rings is 1.